The van der Waals surface area contributed by atoms with E-state index in [4.69, 9.17) is 0 Å². The zero-order valence-corrected chi connectivity index (χ0v) is 15.1. The average Bonchev–Trinajstić information content (AvgIpc) is 2.58. The Labute approximate surface area is 148 Å². The van der Waals surface area contributed by atoms with Crippen LogP contribution in [-0.4, -0.2) is 61.3 Å². The molecule has 2 heterocycles. The summed E-state index contributed by atoms with van der Waals surface area (Å²) in [4.78, 5) is 41.6. The Morgan fingerprint density at radius 3 is 2.40 bits per heavy atom. The van der Waals surface area contributed by atoms with E-state index in [1.54, 1.807) is 25.9 Å². The minimum atomic E-state index is -0.225. The summed E-state index contributed by atoms with van der Waals surface area (Å²) in [5.74, 6) is -0.0147. The molecule has 0 aromatic heterocycles. The molecule has 0 radical (unpaired) electrons. The third-order valence-electron chi connectivity index (χ3n) is 5.51. The highest BCUT2D eigenvalue weighted by Crippen LogP contribution is 2.46. The molecule has 6 nitrogen and oxygen atoms in total. The molecular weight excluding hydrogens is 318 g/mol. The van der Waals surface area contributed by atoms with Crippen molar-refractivity contribution in [3.05, 3.63) is 29.8 Å². The highest BCUT2D eigenvalue weighted by Gasteiger charge is 2.45. The Hall–Kier alpha value is -2.37. The zero-order chi connectivity index (χ0) is 18.2. The maximum atomic E-state index is 12.9. The third kappa shape index (κ3) is 3.13. The zero-order valence-electron chi connectivity index (χ0n) is 15.1. The molecule has 0 bridgehead atoms. The smallest absolute Gasteiger partial charge is 0.242 e. The maximum Gasteiger partial charge on any atom is 0.242 e. The van der Waals surface area contributed by atoms with Crippen LogP contribution in [-0.2, 0) is 19.8 Å². The van der Waals surface area contributed by atoms with Crippen molar-refractivity contribution in [3.8, 4) is 0 Å². The molecule has 3 amide bonds. The molecule has 134 valence electrons. The van der Waals surface area contributed by atoms with Gasteiger partial charge < -0.3 is 14.7 Å². The quantitative estimate of drug-likeness (QED) is 0.815. The van der Waals surface area contributed by atoms with Gasteiger partial charge in [0, 0.05) is 51.6 Å². The first-order chi connectivity index (χ1) is 11.8. The van der Waals surface area contributed by atoms with E-state index in [9.17, 15) is 14.4 Å². The van der Waals surface area contributed by atoms with Gasteiger partial charge in [0.1, 0.15) is 6.54 Å². The van der Waals surface area contributed by atoms with Crippen LogP contribution in [0.3, 0.4) is 0 Å². The SMILES string of the molecule is CC(=O)N1CCC2(CC1)CC(=O)N(CC(=O)N(C)C)c1ccccc12. The largest absolute Gasteiger partial charge is 0.347 e. The molecule has 3 rings (SSSR count). The number of amides is 3. The molecule has 0 unspecified atom stereocenters. The van der Waals surface area contributed by atoms with E-state index in [2.05, 4.69) is 6.07 Å². The lowest BCUT2D eigenvalue weighted by Crippen LogP contribution is -2.52. The van der Waals surface area contributed by atoms with Gasteiger partial charge in [-0.25, -0.2) is 0 Å². The summed E-state index contributed by atoms with van der Waals surface area (Å²) in [6.07, 6.45) is 1.96. The van der Waals surface area contributed by atoms with Crippen LogP contribution in [0.2, 0.25) is 0 Å². The lowest BCUT2D eigenvalue weighted by Gasteiger charge is -2.47. The normalized spacial score (nSPS) is 18.9. The van der Waals surface area contributed by atoms with Gasteiger partial charge in [-0.2, -0.15) is 0 Å². The van der Waals surface area contributed by atoms with Crippen molar-refractivity contribution >= 4 is 23.4 Å². The maximum absolute atomic E-state index is 12.9. The van der Waals surface area contributed by atoms with E-state index >= 15 is 0 Å². The van der Waals surface area contributed by atoms with Crippen LogP contribution in [0.25, 0.3) is 0 Å². The van der Waals surface area contributed by atoms with Crippen molar-refractivity contribution in [1.82, 2.24) is 9.80 Å². The molecule has 0 N–H and O–H groups in total. The molecule has 2 aliphatic heterocycles. The van der Waals surface area contributed by atoms with Crippen molar-refractivity contribution in [1.29, 1.82) is 0 Å². The molecule has 0 saturated carbocycles. The van der Waals surface area contributed by atoms with Crippen LogP contribution in [0.5, 0.6) is 0 Å². The minimum Gasteiger partial charge on any atom is -0.347 e. The molecule has 1 aromatic carbocycles. The van der Waals surface area contributed by atoms with Crippen LogP contribution in [0.15, 0.2) is 24.3 Å². The summed E-state index contributed by atoms with van der Waals surface area (Å²) in [5, 5.41) is 0. The molecule has 25 heavy (non-hydrogen) atoms. The topological polar surface area (TPSA) is 60.9 Å². The van der Waals surface area contributed by atoms with Crippen LogP contribution in [0.1, 0.15) is 31.7 Å². The Morgan fingerprint density at radius 1 is 1.16 bits per heavy atom. The van der Waals surface area contributed by atoms with Gasteiger partial charge in [0.2, 0.25) is 17.7 Å². The molecule has 1 saturated heterocycles. The Balaban J connectivity index is 1.93. The standard InChI is InChI=1S/C19H25N3O3/c1-14(23)21-10-8-19(9-11-21)12-17(24)22(13-18(25)20(2)3)16-7-5-4-6-15(16)19/h4-7H,8-13H2,1-3H3. The second kappa shape index (κ2) is 6.50. The number of piperidine rings is 1. The highest BCUT2D eigenvalue weighted by atomic mass is 16.2. The molecule has 1 fully saturated rings. The lowest BCUT2D eigenvalue weighted by molar-refractivity contribution is -0.132. The number of likely N-dealkylation sites (N-methyl/N-ethyl adjacent to an activating group) is 1. The van der Waals surface area contributed by atoms with Crippen LogP contribution in [0.4, 0.5) is 5.69 Å². The molecule has 0 atom stereocenters. The number of nitrogens with zero attached hydrogens (tertiary/aromatic N) is 3. The van der Waals surface area contributed by atoms with E-state index in [-0.39, 0.29) is 29.7 Å². The van der Waals surface area contributed by atoms with Crippen LogP contribution < -0.4 is 4.90 Å². The number of carbonyl (C=O) groups excluding carboxylic acids is 3. The van der Waals surface area contributed by atoms with E-state index < -0.39 is 0 Å². The Kier molecular flexibility index (Phi) is 4.54. The number of hydrogen-bond acceptors (Lipinski definition) is 3. The molecular formula is C19H25N3O3. The van der Waals surface area contributed by atoms with Gasteiger partial charge >= 0.3 is 0 Å². The van der Waals surface area contributed by atoms with Crippen molar-refractivity contribution in [2.75, 3.05) is 38.6 Å². The fraction of sp³-hybridized carbons (Fsp3) is 0.526. The molecule has 1 spiro atoms. The van der Waals surface area contributed by atoms with Crippen LogP contribution in [0, 0.1) is 0 Å². The summed E-state index contributed by atoms with van der Waals surface area (Å²) < 4.78 is 0. The average molecular weight is 343 g/mol. The molecule has 0 aliphatic carbocycles. The highest BCUT2D eigenvalue weighted by molar-refractivity contribution is 6.02. The third-order valence-corrected chi connectivity index (χ3v) is 5.51. The Morgan fingerprint density at radius 2 is 1.80 bits per heavy atom. The van der Waals surface area contributed by atoms with E-state index in [0.29, 0.717) is 19.5 Å². The lowest BCUT2D eigenvalue weighted by atomic mass is 9.67. The second-order valence-corrected chi connectivity index (χ2v) is 7.25. The number of benzene rings is 1. The first-order valence-corrected chi connectivity index (χ1v) is 8.70. The van der Waals surface area contributed by atoms with Gasteiger partial charge in [-0.15, -0.1) is 0 Å². The van der Waals surface area contributed by atoms with E-state index in [1.807, 2.05) is 23.1 Å². The van der Waals surface area contributed by atoms with Gasteiger partial charge in [0.15, 0.2) is 0 Å². The number of carbonyl (C=O) groups is 3. The Bertz CT molecular complexity index is 706. The predicted molar refractivity (Wildman–Crippen MR) is 95.3 cm³/mol. The summed E-state index contributed by atoms with van der Waals surface area (Å²) >= 11 is 0. The number of para-hydroxylation sites is 1. The summed E-state index contributed by atoms with van der Waals surface area (Å²) in [5.41, 5.74) is 1.74. The summed E-state index contributed by atoms with van der Waals surface area (Å²) in [7, 11) is 3.39. The number of likely N-dealkylation sites (tertiary alicyclic amines) is 1. The second-order valence-electron chi connectivity index (χ2n) is 7.25. The molecule has 1 aromatic rings. The van der Waals surface area contributed by atoms with Gasteiger partial charge in [-0.1, -0.05) is 18.2 Å². The summed E-state index contributed by atoms with van der Waals surface area (Å²) in [6, 6.07) is 7.88. The van der Waals surface area contributed by atoms with Gasteiger partial charge in [0.25, 0.3) is 0 Å². The fourth-order valence-corrected chi connectivity index (χ4v) is 3.92. The molecule has 6 heteroatoms. The van der Waals surface area contributed by atoms with E-state index in [0.717, 1.165) is 24.1 Å². The van der Waals surface area contributed by atoms with Crippen molar-refractivity contribution < 1.29 is 14.4 Å². The summed E-state index contributed by atoms with van der Waals surface area (Å²) in [6.45, 7) is 3.01. The van der Waals surface area contributed by atoms with E-state index in [1.165, 1.54) is 4.90 Å². The minimum absolute atomic E-state index is 0.00910. The van der Waals surface area contributed by atoms with Gasteiger partial charge in [-0.05, 0) is 24.5 Å². The fourth-order valence-electron chi connectivity index (χ4n) is 3.92. The van der Waals surface area contributed by atoms with Gasteiger partial charge in [0.05, 0.1) is 0 Å². The number of hydrogen-bond donors (Lipinski definition) is 0. The first-order valence-electron chi connectivity index (χ1n) is 8.70. The van der Waals surface area contributed by atoms with Gasteiger partial charge in [-0.3, -0.25) is 14.4 Å². The van der Waals surface area contributed by atoms with Crippen molar-refractivity contribution in [2.24, 2.45) is 0 Å². The monoisotopic (exact) mass is 343 g/mol. The molecule has 2 aliphatic rings. The predicted octanol–water partition coefficient (Wildman–Crippen LogP) is 1.39. The number of fused-ring (bicyclic) bond motifs is 2. The first kappa shape index (κ1) is 17.5. The van der Waals surface area contributed by atoms with Crippen LogP contribution >= 0.6 is 0 Å². The number of rotatable bonds is 2. The van der Waals surface area contributed by atoms with Crippen molar-refractivity contribution in [2.45, 2.75) is 31.6 Å². The number of anilines is 1. The van der Waals surface area contributed by atoms with Crippen molar-refractivity contribution in [3.63, 3.8) is 0 Å².